The average molecular weight is 179 g/mol. The van der Waals surface area contributed by atoms with Crippen molar-refractivity contribution in [3.05, 3.63) is 0 Å². The Morgan fingerprint density at radius 2 is 1.58 bits per heavy atom. The van der Waals surface area contributed by atoms with Gasteiger partial charge in [0.2, 0.25) is 0 Å². The minimum absolute atomic E-state index is 0.456. The van der Waals surface area contributed by atoms with Gasteiger partial charge in [-0.15, -0.1) is 0 Å². The van der Waals surface area contributed by atoms with E-state index in [1.165, 1.54) is 0 Å². The van der Waals surface area contributed by atoms with Gasteiger partial charge in [0.15, 0.2) is 0 Å². The zero-order valence-electron chi connectivity index (χ0n) is 6.75. The van der Waals surface area contributed by atoms with Crippen LogP contribution in [0.25, 0.3) is 0 Å². The highest BCUT2D eigenvalue weighted by atomic mass is 19.4. The molecule has 0 aromatic heterocycles. The summed E-state index contributed by atoms with van der Waals surface area (Å²) in [4.78, 5) is 0. The van der Waals surface area contributed by atoms with Crippen molar-refractivity contribution >= 4 is 0 Å². The van der Waals surface area contributed by atoms with Gasteiger partial charge in [-0.1, -0.05) is 0 Å². The molecule has 2 aliphatic carbocycles. The maximum absolute atomic E-state index is 12.1. The van der Waals surface area contributed by atoms with Crippen LogP contribution in [0.15, 0.2) is 0 Å². The van der Waals surface area contributed by atoms with Gasteiger partial charge in [0.1, 0.15) is 0 Å². The highest BCUT2D eigenvalue weighted by Gasteiger charge is 2.66. The van der Waals surface area contributed by atoms with E-state index in [4.69, 9.17) is 5.73 Å². The van der Waals surface area contributed by atoms with Crippen molar-refractivity contribution < 1.29 is 13.2 Å². The average Bonchev–Trinajstić information content (AvgIpc) is 2.65. The zero-order valence-corrected chi connectivity index (χ0v) is 6.75. The molecule has 0 spiro atoms. The second kappa shape index (κ2) is 1.97. The highest BCUT2D eigenvalue weighted by molar-refractivity contribution is 5.19. The Kier molecular flexibility index (Phi) is 1.37. The van der Waals surface area contributed by atoms with Crippen molar-refractivity contribution in [2.24, 2.45) is 11.1 Å². The summed E-state index contributed by atoms with van der Waals surface area (Å²) in [5, 5.41) is 0. The third-order valence-corrected chi connectivity index (χ3v) is 3.24. The van der Waals surface area contributed by atoms with Gasteiger partial charge in [-0.05, 0) is 31.1 Å². The normalized spacial score (nSPS) is 30.0. The second-order valence-corrected chi connectivity index (χ2v) is 4.23. The van der Waals surface area contributed by atoms with Crippen molar-refractivity contribution in [3.8, 4) is 0 Å². The molecule has 70 valence electrons. The summed E-state index contributed by atoms with van der Waals surface area (Å²) in [6.45, 7) is 0. The van der Waals surface area contributed by atoms with E-state index in [0.29, 0.717) is 12.8 Å². The number of halogens is 3. The van der Waals surface area contributed by atoms with E-state index in [2.05, 4.69) is 0 Å². The first-order valence-corrected chi connectivity index (χ1v) is 4.23. The molecule has 0 atom stereocenters. The molecule has 0 radical (unpaired) electrons. The molecule has 4 heteroatoms. The number of rotatable bonds is 2. The van der Waals surface area contributed by atoms with Crippen LogP contribution < -0.4 is 5.73 Å². The van der Waals surface area contributed by atoms with Crippen LogP contribution in [-0.2, 0) is 0 Å². The molecule has 2 rings (SSSR count). The van der Waals surface area contributed by atoms with Gasteiger partial charge in [0.25, 0.3) is 0 Å². The lowest BCUT2D eigenvalue weighted by Gasteiger charge is -2.23. The molecule has 2 fully saturated rings. The van der Waals surface area contributed by atoms with Crippen LogP contribution in [0.1, 0.15) is 32.1 Å². The van der Waals surface area contributed by atoms with Crippen LogP contribution in [0.3, 0.4) is 0 Å². The van der Waals surface area contributed by atoms with Crippen LogP contribution >= 0.6 is 0 Å². The van der Waals surface area contributed by atoms with Crippen molar-refractivity contribution in [2.75, 3.05) is 0 Å². The fourth-order valence-corrected chi connectivity index (χ4v) is 2.05. The maximum atomic E-state index is 12.1. The molecule has 0 bridgehead atoms. The maximum Gasteiger partial charge on any atom is 0.389 e. The van der Waals surface area contributed by atoms with E-state index in [1.807, 2.05) is 0 Å². The van der Waals surface area contributed by atoms with Gasteiger partial charge in [0, 0.05) is 5.54 Å². The van der Waals surface area contributed by atoms with Gasteiger partial charge in [-0.25, -0.2) is 0 Å². The van der Waals surface area contributed by atoms with E-state index in [-0.39, 0.29) is 0 Å². The Morgan fingerprint density at radius 3 is 1.83 bits per heavy atom. The number of hydrogen-bond donors (Lipinski definition) is 1. The van der Waals surface area contributed by atoms with Crippen LogP contribution in [0.5, 0.6) is 0 Å². The monoisotopic (exact) mass is 179 g/mol. The van der Waals surface area contributed by atoms with Crippen molar-refractivity contribution in [2.45, 2.75) is 43.8 Å². The third-order valence-electron chi connectivity index (χ3n) is 3.24. The fourth-order valence-electron chi connectivity index (χ4n) is 2.05. The first-order valence-electron chi connectivity index (χ1n) is 4.23. The topological polar surface area (TPSA) is 26.0 Å². The largest absolute Gasteiger partial charge is 0.389 e. The van der Waals surface area contributed by atoms with Gasteiger partial charge in [0.05, 0.1) is 6.42 Å². The van der Waals surface area contributed by atoms with E-state index >= 15 is 0 Å². The molecule has 2 aliphatic rings. The van der Waals surface area contributed by atoms with E-state index in [9.17, 15) is 13.2 Å². The van der Waals surface area contributed by atoms with Crippen molar-refractivity contribution in [1.82, 2.24) is 0 Å². The SMILES string of the molecule is NC1(C2(CC(F)(F)F)CC2)CC1. The predicted octanol–water partition coefficient (Wildman–Crippen LogP) is 2.21. The second-order valence-electron chi connectivity index (χ2n) is 4.23. The quantitative estimate of drug-likeness (QED) is 0.691. The van der Waals surface area contributed by atoms with Crippen LogP contribution in [-0.4, -0.2) is 11.7 Å². The first kappa shape index (κ1) is 8.35. The van der Waals surface area contributed by atoms with Gasteiger partial charge in [-0.2, -0.15) is 13.2 Å². The molecule has 0 saturated heterocycles. The molecule has 0 unspecified atom stereocenters. The Morgan fingerprint density at radius 1 is 1.08 bits per heavy atom. The molecule has 1 nitrogen and oxygen atoms in total. The molecule has 0 aromatic rings. The third kappa shape index (κ3) is 1.22. The predicted molar refractivity (Wildman–Crippen MR) is 38.5 cm³/mol. The zero-order chi connectivity index (χ0) is 9.04. The minimum Gasteiger partial charge on any atom is -0.325 e. The number of hydrogen-bond acceptors (Lipinski definition) is 1. The summed E-state index contributed by atoms with van der Waals surface area (Å²) in [5.41, 5.74) is 4.77. The Balaban J connectivity index is 2.03. The summed E-state index contributed by atoms with van der Waals surface area (Å²) < 4.78 is 36.3. The molecule has 2 N–H and O–H groups in total. The Hall–Kier alpha value is -0.250. The Labute approximate surface area is 69.1 Å². The number of nitrogens with two attached hydrogens (primary N) is 1. The number of alkyl halides is 3. The van der Waals surface area contributed by atoms with Crippen LogP contribution in [0, 0.1) is 5.41 Å². The molecule has 0 amide bonds. The lowest BCUT2D eigenvalue weighted by atomic mass is 9.90. The molecule has 12 heavy (non-hydrogen) atoms. The van der Waals surface area contributed by atoms with E-state index < -0.39 is 23.6 Å². The molecular weight excluding hydrogens is 167 g/mol. The highest BCUT2D eigenvalue weighted by Crippen LogP contribution is 2.66. The van der Waals surface area contributed by atoms with Gasteiger partial charge >= 0.3 is 6.18 Å². The summed E-state index contributed by atoms with van der Waals surface area (Å²) in [7, 11) is 0. The molecular formula is C8H12F3N. The van der Waals surface area contributed by atoms with Crippen LogP contribution in [0.2, 0.25) is 0 Å². The van der Waals surface area contributed by atoms with Crippen LogP contribution in [0.4, 0.5) is 13.2 Å². The van der Waals surface area contributed by atoms with Crippen molar-refractivity contribution in [3.63, 3.8) is 0 Å². The first-order chi connectivity index (χ1) is 5.37. The summed E-state index contributed by atoms with van der Waals surface area (Å²) in [6, 6.07) is 0. The minimum atomic E-state index is -4.04. The summed E-state index contributed by atoms with van der Waals surface area (Å²) >= 11 is 0. The van der Waals surface area contributed by atoms with E-state index in [1.54, 1.807) is 0 Å². The molecule has 2 saturated carbocycles. The lowest BCUT2D eigenvalue weighted by Crippen LogP contribution is -2.37. The standard InChI is InChI=1S/C8H12F3N/c9-8(10,11)5-6(1-2-6)7(12)3-4-7/h1-5,12H2. The van der Waals surface area contributed by atoms with Gasteiger partial charge in [-0.3, -0.25) is 0 Å². The van der Waals surface area contributed by atoms with E-state index in [0.717, 1.165) is 12.8 Å². The summed E-state index contributed by atoms with van der Waals surface area (Å²) in [6.07, 6.45) is -1.81. The van der Waals surface area contributed by atoms with Crippen molar-refractivity contribution in [1.29, 1.82) is 0 Å². The van der Waals surface area contributed by atoms with Gasteiger partial charge < -0.3 is 5.73 Å². The molecule has 0 aliphatic heterocycles. The summed E-state index contributed by atoms with van der Waals surface area (Å²) in [5.74, 6) is 0. The lowest BCUT2D eigenvalue weighted by molar-refractivity contribution is -0.150. The smallest absolute Gasteiger partial charge is 0.325 e. The molecule has 0 aromatic carbocycles. The Bertz CT molecular complexity index is 201. The molecule has 0 heterocycles. The fraction of sp³-hybridized carbons (Fsp3) is 1.00.